The van der Waals surface area contributed by atoms with Crippen molar-refractivity contribution in [2.75, 3.05) is 18.5 Å². The molecule has 0 spiro atoms. The van der Waals surface area contributed by atoms with Gasteiger partial charge in [0.05, 0.1) is 23.9 Å². The molecule has 0 unspecified atom stereocenters. The molecule has 2 aromatic rings. The molecule has 3 heterocycles. The van der Waals surface area contributed by atoms with Gasteiger partial charge in [-0.2, -0.15) is 5.10 Å². The third kappa shape index (κ3) is 2.77. The summed E-state index contributed by atoms with van der Waals surface area (Å²) >= 11 is 1.39. The lowest BCUT2D eigenvalue weighted by Gasteiger charge is -2.13. The van der Waals surface area contributed by atoms with E-state index in [1.165, 1.54) is 11.3 Å². The van der Waals surface area contributed by atoms with E-state index in [4.69, 9.17) is 10.5 Å². The highest BCUT2D eigenvalue weighted by Crippen LogP contribution is 2.26. The van der Waals surface area contributed by atoms with E-state index in [0.717, 1.165) is 28.4 Å². The Hall–Kier alpha value is -1.77. The lowest BCUT2D eigenvalue weighted by molar-refractivity contribution is 0.102. The average molecular weight is 321 g/mol. The highest BCUT2D eigenvalue weighted by Gasteiger charge is 2.23. The molecule has 0 fully saturated rings. The van der Waals surface area contributed by atoms with Crippen molar-refractivity contribution < 1.29 is 9.53 Å². The van der Waals surface area contributed by atoms with E-state index in [0.29, 0.717) is 36.9 Å². The number of nitrogens with one attached hydrogen (secondary N) is 1. The molecule has 0 bridgehead atoms. The minimum absolute atomic E-state index is 0.176. The zero-order valence-electron chi connectivity index (χ0n) is 12.7. The van der Waals surface area contributed by atoms with Crippen LogP contribution in [0.3, 0.4) is 0 Å². The summed E-state index contributed by atoms with van der Waals surface area (Å²) in [4.78, 5) is 17.5. The van der Waals surface area contributed by atoms with E-state index in [-0.39, 0.29) is 5.91 Å². The Balaban J connectivity index is 1.83. The van der Waals surface area contributed by atoms with Crippen molar-refractivity contribution in [2.24, 2.45) is 12.8 Å². The second kappa shape index (κ2) is 6.15. The number of carbonyl (C=O) groups excluding carboxylic acids is 1. The number of hydrogen-bond acceptors (Lipinski definition) is 6. The molecule has 0 aliphatic carbocycles. The summed E-state index contributed by atoms with van der Waals surface area (Å²) in [6, 6.07) is 0. The highest BCUT2D eigenvalue weighted by molar-refractivity contribution is 7.13. The Kier molecular flexibility index (Phi) is 4.23. The van der Waals surface area contributed by atoms with E-state index in [1.54, 1.807) is 0 Å². The molecule has 3 N–H and O–H groups in total. The summed E-state index contributed by atoms with van der Waals surface area (Å²) in [7, 11) is 1.89. The van der Waals surface area contributed by atoms with E-state index < -0.39 is 0 Å². The number of anilines is 1. The first kappa shape index (κ1) is 15.1. The van der Waals surface area contributed by atoms with Crippen LogP contribution in [-0.2, 0) is 31.2 Å². The quantitative estimate of drug-likeness (QED) is 0.876. The fraction of sp³-hybridized carbons (Fsp3) is 0.500. The van der Waals surface area contributed by atoms with Crippen LogP contribution >= 0.6 is 11.3 Å². The fourth-order valence-electron chi connectivity index (χ4n) is 2.57. The molecule has 8 heteroatoms. The third-order valence-corrected chi connectivity index (χ3v) is 4.86. The molecule has 0 atom stereocenters. The molecule has 7 nitrogen and oxygen atoms in total. The normalized spacial score (nSPS) is 14.0. The molecule has 3 rings (SSSR count). The summed E-state index contributed by atoms with van der Waals surface area (Å²) in [6.07, 6.45) is 1.50. The molecule has 1 aliphatic rings. The van der Waals surface area contributed by atoms with Crippen molar-refractivity contribution in [2.45, 2.75) is 26.4 Å². The third-order valence-electron chi connectivity index (χ3n) is 3.64. The molecule has 1 amide bonds. The first-order valence-electron chi connectivity index (χ1n) is 7.20. The first-order valence-corrected chi connectivity index (χ1v) is 8.02. The molecule has 0 saturated heterocycles. The lowest BCUT2D eigenvalue weighted by atomic mass is 10.1. The van der Waals surface area contributed by atoms with Gasteiger partial charge in [-0.15, -0.1) is 11.3 Å². The van der Waals surface area contributed by atoms with Crippen LogP contribution in [0.1, 0.15) is 31.6 Å². The highest BCUT2D eigenvalue weighted by atomic mass is 32.1. The second-order valence-corrected chi connectivity index (χ2v) is 6.30. The second-order valence-electron chi connectivity index (χ2n) is 5.21. The number of ether oxygens (including phenoxy) is 1. The van der Waals surface area contributed by atoms with E-state index >= 15 is 0 Å². The summed E-state index contributed by atoms with van der Waals surface area (Å²) in [5.74, 6) is 0.403. The molecule has 2 aromatic heterocycles. The Morgan fingerprint density at radius 2 is 2.36 bits per heavy atom. The Labute approximate surface area is 132 Å². The SMILES string of the molecule is Cc1nc(CCN)sc1C(=O)Nc1nn(C)c2c1COCC2. The zero-order chi connectivity index (χ0) is 15.7. The van der Waals surface area contributed by atoms with Gasteiger partial charge in [0.25, 0.3) is 5.91 Å². The van der Waals surface area contributed by atoms with Crippen LogP contribution in [0.15, 0.2) is 0 Å². The number of thiazole rings is 1. The molecule has 22 heavy (non-hydrogen) atoms. The zero-order valence-corrected chi connectivity index (χ0v) is 13.5. The van der Waals surface area contributed by atoms with Gasteiger partial charge in [0.2, 0.25) is 0 Å². The maximum Gasteiger partial charge on any atom is 0.268 e. The Morgan fingerprint density at radius 1 is 1.55 bits per heavy atom. The van der Waals surface area contributed by atoms with Crippen molar-refractivity contribution in [1.82, 2.24) is 14.8 Å². The number of fused-ring (bicyclic) bond motifs is 1. The van der Waals surface area contributed by atoms with Gasteiger partial charge in [-0.25, -0.2) is 4.98 Å². The average Bonchev–Trinajstić information content (AvgIpc) is 3.01. The molecule has 0 radical (unpaired) electrons. The predicted octanol–water partition coefficient (Wildman–Crippen LogP) is 1.01. The van der Waals surface area contributed by atoms with Gasteiger partial charge >= 0.3 is 0 Å². The number of nitrogens with zero attached hydrogens (tertiary/aromatic N) is 3. The van der Waals surface area contributed by atoms with Crippen LogP contribution in [0, 0.1) is 6.92 Å². The summed E-state index contributed by atoms with van der Waals surface area (Å²) in [5, 5.41) is 8.18. The minimum Gasteiger partial charge on any atom is -0.376 e. The maximum absolute atomic E-state index is 12.5. The van der Waals surface area contributed by atoms with Gasteiger partial charge in [-0.1, -0.05) is 0 Å². The van der Waals surface area contributed by atoms with Crippen LogP contribution in [0.5, 0.6) is 0 Å². The van der Waals surface area contributed by atoms with Crippen LogP contribution in [0.4, 0.5) is 5.82 Å². The summed E-state index contributed by atoms with van der Waals surface area (Å²) < 4.78 is 7.28. The molecular formula is C14H19N5O2S. The fourth-order valence-corrected chi connectivity index (χ4v) is 3.54. The van der Waals surface area contributed by atoms with Crippen molar-refractivity contribution >= 4 is 23.1 Å². The van der Waals surface area contributed by atoms with Gasteiger partial charge in [0.15, 0.2) is 5.82 Å². The smallest absolute Gasteiger partial charge is 0.268 e. The van der Waals surface area contributed by atoms with Gasteiger partial charge < -0.3 is 15.8 Å². The molecule has 0 aromatic carbocycles. The van der Waals surface area contributed by atoms with E-state index in [9.17, 15) is 4.79 Å². The Morgan fingerprint density at radius 3 is 3.14 bits per heavy atom. The number of aromatic nitrogens is 3. The summed E-state index contributed by atoms with van der Waals surface area (Å²) in [6.45, 7) is 3.54. The van der Waals surface area contributed by atoms with Crippen molar-refractivity contribution in [1.29, 1.82) is 0 Å². The van der Waals surface area contributed by atoms with Crippen molar-refractivity contribution in [3.63, 3.8) is 0 Å². The first-order chi connectivity index (χ1) is 10.6. The van der Waals surface area contributed by atoms with Crippen LogP contribution in [-0.4, -0.2) is 33.8 Å². The summed E-state index contributed by atoms with van der Waals surface area (Å²) in [5.41, 5.74) is 8.35. The number of carbonyl (C=O) groups is 1. The van der Waals surface area contributed by atoms with Crippen molar-refractivity contribution in [3.05, 3.63) is 26.8 Å². The molecule has 0 saturated carbocycles. The monoisotopic (exact) mass is 321 g/mol. The van der Waals surface area contributed by atoms with Gasteiger partial charge in [0.1, 0.15) is 4.88 Å². The molecular weight excluding hydrogens is 302 g/mol. The van der Waals surface area contributed by atoms with Gasteiger partial charge in [0, 0.05) is 31.1 Å². The van der Waals surface area contributed by atoms with E-state index in [1.807, 2.05) is 18.7 Å². The topological polar surface area (TPSA) is 95.1 Å². The number of hydrogen-bond donors (Lipinski definition) is 2. The number of aryl methyl sites for hydroxylation is 2. The number of amides is 1. The number of rotatable bonds is 4. The van der Waals surface area contributed by atoms with Crippen LogP contribution in [0.25, 0.3) is 0 Å². The Bertz CT molecular complexity index is 706. The minimum atomic E-state index is -0.176. The molecule has 1 aliphatic heterocycles. The standard InChI is InChI=1S/C14H19N5O2S/c1-8-12(22-11(16-8)3-5-15)14(20)17-13-9-7-21-6-4-10(9)19(2)18-13/h3-7,15H2,1-2H3,(H,17,18,20). The van der Waals surface area contributed by atoms with Crippen LogP contribution < -0.4 is 11.1 Å². The van der Waals surface area contributed by atoms with Gasteiger partial charge in [-0.05, 0) is 13.5 Å². The van der Waals surface area contributed by atoms with Crippen LogP contribution in [0.2, 0.25) is 0 Å². The van der Waals surface area contributed by atoms with Crippen molar-refractivity contribution in [3.8, 4) is 0 Å². The lowest BCUT2D eigenvalue weighted by Crippen LogP contribution is -2.15. The number of nitrogens with two attached hydrogens (primary N) is 1. The maximum atomic E-state index is 12.5. The molecule has 118 valence electrons. The van der Waals surface area contributed by atoms with Gasteiger partial charge in [-0.3, -0.25) is 9.48 Å². The van der Waals surface area contributed by atoms with E-state index in [2.05, 4.69) is 15.4 Å². The largest absolute Gasteiger partial charge is 0.376 e. The predicted molar refractivity (Wildman–Crippen MR) is 84.1 cm³/mol.